The number of carbonyl (C=O) groups is 1. The minimum Gasteiger partial charge on any atom is -0.461 e. The molecular weight excluding hydrogens is 268 g/mol. The molecular formula is C14H11F2NO3. The molecule has 0 bridgehead atoms. The summed E-state index contributed by atoms with van der Waals surface area (Å²) in [4.78, 5) is 11.4. The molecule has 0 N–H and O–H groups in total. The fraction of sp³-hybridized carbons (Fsp3) is 0.143. The second-order valence-corrected chi connectivity index (χ2v) is 3.87. The lowest BCUT2D eigenvalue weighted by atomic mass is 10.2. The Hall–Kier alpha value is -2.50. The summed E-state index contributed by atoms with van der Waals surface area (Å²) in [6.07, 6.45) is 2.89. The lowest BCUT2D eigenvalue weighted by molar-refractivity contribution is 0.0514. The number of hydrogen-bond acceptors (Lipinski definition) is 4. The van der Waals surface area contributed by atoms with Crippen molar-refractivity contribution in [3.63, 3.8) is 0 Å². The molecule has 2 aromatic rings. The van der Waals surface area contributed by atoms with Gasteiger partial charge in [0.2, 0.25) is 0 Å². The third-order valence-electron chi connectivity index (χ3n) is 2.34. The Balaban J connectivity index is 2.13. The van der Waals surface area contributed by atoms with Gasteiger partial charge in [-0.2, -0.15) is 0 Å². The van der Waals surface area contributed by atoms with E-state index < -0.39 is 17.6 Å². The van der Waals surface area contributed by atoms with Crippen LogP contribution in [0.3, 0.4) is 0 Å². The molecule has 0 fully saturated rings. The van der Waals surface area contributed by atoms with Gasteiger partial charge in [-0.1, -0.05) is 11.2 Å². The summed E-state index contributed by atoms with van der Waals surface area (Å²) in [7, 11) is 0. The quantitative estimate of drug-likeness (QED) is 0.806. The fourth-order valence-electron chi connectivity index (χ4n) is 1.52. The van der Waals surface area contributed by atoms with Gasteiger partial charge in [0.05, 0.1) is 6.61 Å². The Morgan fingerprint density at radius 2 is 1.95 bits per heavy atom. The SMILES string of the molecule is CCOC(=O)c1cc(/C=C\c2cc(F)cc(F)c2)on1. The van der Waals surface area contributed by atoms with Crippen LogP contribution in [-0.2, 0) is 4.74 Å². The zero-order valence-electron chi connectivity index (χ0n) is 10.6. The fourth-order valence-corrected chi connectivity index (χ4v) is 1.52. The molecule has 4 nitrogen and oxygen atoms in total. The van der Waals surface area contributed by atoms with Gasteiger partial charge < -0.3 is 9.26 Å². The third kappa shape index (κ3) is 3.50. The van der Waals surface area contributed by atoms with Crippen molar-refractivity contribution in [3.8, 4) is 0 Å². The van der Waals surface area contributed by atoms with Crippen molar-refractivity contribution in [2.75, 3.05) is 6.61 Å². The maximum absolute atomic E-state index is 13.0. The van der Waals surface area contributed by atoms with Gasteiger partial charge >= 0.3 is 5.97 Å². The molecule has 20 heavy (non-hydrogen) atoms. The predicted octanol–water partition coefficient (Wildman–Crippen LogP) is 3.30. The number of halogens is 2. The van der Waals surface area contributed by atoms with Crippen LogP contribution in [0, 0.1) is 11.6 Å². The molecule has 0 aliphatic carbocycles. The minimum atomic E-state index is -0.672. The summed E-state index contributed by atoms with van der Waals surface area (Å²) in [5.74, 6) is -1.66. The Kier molecular flexibility index (Phi) is 4.24. The van der Waals surface area contributed by atoms with E-state index in [0.717, 1.165) is 6.07 Å². The lowest BCUT2D eigenvalue weighted by Crippen LogP contribution is -2.04. The topological polar surface area (TPSA) is 52.3 Å². The molecule has 0 radical (unpaired) electrons. The molecule has 0 spiro atoms. The molecule has 0 saturated heterocycles. The highest BCUT2D eigenvalue weighted by molar-refractivity contribution is 5.87. The smallest absolute Gasteiger partial charge is 0.360 e. The number of benzene rings is 1. The van der Waals surface area contributed by atoms with Gasteiger partial charge in [-0.3, -0.25) is 0 Å². The van der Waals surface area contributed by atoms with E-state index in [9.17, 15) is 13.6 Å². The largest absolute Gasteiger partial charge is 0.461 e. The first-order valence-electron chi connectivity index (χ1n) is 5.86. The van der Waals surface area contributed by atoms with E-state index in [2.05, 4.69) is 5.16 Å². The molecule has 1 aromatic heterocycles. The van der Waals surface area contributed by atoms with E-state index in [4.69, 9.17) is 9.26 Å². The summed E-state index contributed by atoms with van der Waals surface area (Å²) in [6, 6.07) is 4.50. The van der Waals surface area contributed by atoms with E-state index >= 15 is 0 Å². The molecule has 0 aliphatic rings. The van der Waals surface area contributed by atoms with Gasteiger partial charge in [-0.05, 0) is 30.7 Å². The zero-order valence-corrected chi connectivity index (χ0v) is 10.6. The summed E-state index contributed by atoms with van der Waals surface area (Å²) in [5, 5.41) is 3.53. The molecule has 0 aliphatic heterocycles. The monoisotopic (exact) mass is 279 g/mol. The first-order chi connectivity index (χ1) is 9.58. The van der Waals surface area contributed by atoms with Crippen molar-refractivity contribution in [1.82, 2.24) is 5.16 Å². The highest BCUT2D eigenvalue weighted by atomic mass is 19.1. The summed E-state index contributed by atoms with van der Waals surface area (Å²) in [5.41, 5.74) is 0.369. The number of nitrogens with zero attached hydrogens (tertiary/aromatic N) is 1. The highest BCUT2D eigenvalue weighted by Gasteiger charge is 2.11. The van der Waals surface area contributed by atoms with Crippen LogP contribution in [0.5, 0.6) is 0 Å². The summed E-state index contributed by atoms with van der Waals surface area (Å²) < 4.78 is 35.6. The van der Waals surface area contributed by atoms with Crippen LogP contribution in [0.4, 0.5) is 8.78 Å². The molecule has 0 saturated carbocycles. The maximum Gasteiger partial charge on any atom is 0.360 e. The number of hydrogen-bond donors (Lipinski definition) is 0. The van der Waals surface area contributed by atoms with Gasteiger partial charge in [-0.15, -0.1) is 0 Å². The highest BCUT2D eigenvalue weighted by Crippen LogP contribution is 2.13. The normalized spacial score (nSPS) is 10.9. The average molecular weight is 279 g/mol. The van der Waals surface area contributed by atoms with Crippen LogP contribution in [0.2, 0.25) is 0 Å². The van der Waals surface area contributed by atoms with E-state index in [-0.39, 0.29) is 18.1 Å². The van der Waals surface area contributed by atoms with Gasteiger partial charge in [0.15, 0.2) is 11.5 Å². The van der Waals surface area contributed by atoms with Crippen molar-refractivity contribution < 1.29 is 22.8 Å². The minimum absolute atomic E-state index is 0.0388. The first-order valence-corrected chi connectivity index (χ1v) is 5.86. The first kappa shape index (κ1) is 13.9. The van der Waals surface area contributed by atoms with Crippen LogP contribution in [0.25, 0.3) is 12.2 Å². The van der Waals surface area contributed by atoms with E-state index in [1.54, 1.807) is 6.92 Å². The summed E-state index contributed by atoms with van der Waals surface area (Å²) >= 11 is 0. The lowest BCUT2D eigenvalue weighted by Gasteiger charge is -1.94. The van der Waals surface area contributed by atoms with Crippen molar-refractivity contribution >= 4 is 18.1 Å². The van der Waals surface area contributed by atoms with Crippen LogP contribution < -0.4 is 0 Å². The molecule has 1 aromatic carbocycles. The van der Waals surface area contributed by atoms with E-state index in [1.165, 1.54) is 30.4 Å². The maximum atomic E-state index is 13.0. The molecule has 1 heterocycles. The van der Waals surface area contributed by atoms with E-state index in [0.29, 0.717) is 5.56 Å². The van der Waals surface area contributed by atoms with Crippen LogP contribution in [0.1, 0.15) is 28.7 Å². The number of carbonyl (C=O) groups excluding carboxylic acids is 1. The Morgan fingerprint density at radius 1 is 1.25 bits per heavy atom. The van der Waals surface area contributed by atoms with Crippen LogP contribution in [0.15, 0.2) is 28.8 Å². The third-order valence-corrected chi connectivity index (χ3v) is 2.34. The van der Waals surface area contributed by atoms with Gasteiger partial charge in [0, 0.05) is 12.1 Å². The van der Waals surface area contributed by atoms with Crippen LogP contribution in [-0.4, -0.2) is 17.7 Å². The van der Waals surface area contributed by atoms with Crippen molar-refractivity contribution in [1.29, 1.82) is 0 Å². The molecule has 0 amide bonds. The van der Waals surface area contributed by atoms with Gasteiger partial charge in [0.25, 0.3) is 0 Å². The van der Waals surface area contributed by atoms with Crippen molar-refractivity contribution in [2.45, 2.75) is 6.92 Å². The van der Waals surface area contributed by atoms with E-state index in [1.807, 2.05) is 0 Å². The Morgan fingerprint density at radius 3 is 2.60 bits per heavy atom. The molecule has 104 valence electrons. The van der Waals surface area contributed by atoms with Gasteiger partial charge in [0.1, 0.15) is 11.6 Å². The average Bonchev–Trinajstić information content (AvgIpc) is 2.84. The molecule has 0 unspecified atom stereocenters. The van der Waals surface area contributed by atoms with Crippen molar-refractivity contribution in [2.24, 2.45) is 0 Å². The Bertz CT molecular complexity index is 629. The predicted molar refractivity (Wildman–Crippen MR) is 67.7 cm³/mol. The standard InChI is InChI=1S/C14H11F2NO3/c1-2-19-14(18)13-8-12(20-17-13)4-3-9-5-10(15)7-11(16)6-9/h3-8H,2H2,1H3/b4-3-. The van der Waals surface area contributed by atoms with Crippen molar-refractivity contribution in [3.05, 3.63) is 52.9 Å². The molecule has 6 heteroatoms. The number of rotatable bonds is 4. The second kappa shape index (κ2) is 6.10. The number of esters is 1. The summed E-state index contributed by atoms with van der Waals surface area (Å²) in [6.45, 7) is 1.91. The number of ether oxygens (including phenoxy) is 1. The second-order valence-electron chi connectivity index (χ2n) is 3.87. The van der Waals surface area contributed by atoms with Gasteiger partial charge in [-0.25, -0.2) is 13.6 Å². The zero-order chi connectivity index (χ0) is 14.5. The molecule has 0 atom stereocenters. The number of aromatic nitrogens is 1. The Labute approximate surface area is 113 Å². The molecule has 2 rings (SSSR count). The van der Waals surface area contributed by atoms with Crippen LogP contribution >= 0.6 is 0 Å².